The number of hydrogen-bond acceptors (Lipinski definition) is 3. The zero-order valence-electron chi connectivity index (χ0n) is 11.1. The van der Waals surface area contributed by atoms with E-state index in [2.05, 4.69) is 4.72 Å². The molecule has 1 aromatic rings. The third-order valence-electron chi connectivity index (χ3n) is 3.56. The van der Waals surface area contributed by atoms with Crippen molar-refractivity contribution in [1.82, 2.24) is 4.72 Å². The summed E-state index contributed by atoms with van der Waals surface area (Å²) in [6.45, 7) is 0.0333. The number of halogens is 3. The molecule has 1 aliphatic carbocycles. The van der Waals surface area contributed by atoms with Gasteiger partial charge in [0.25, 0.3) is 0 Å². The Bertz CT molecular complexity index is 601. The molecule has 1 aliphatic rings. The predicted molar refractivity (Wildman–Crippen MR) is 70.0 cm³/mol. The largest absolute Gasteiger partial charge is 0.417 e. The van der Waals surface area contributed by atoms with Crippen LogP contribution in [0.5, 0.6) is 0 Å². The second kappa shape index (κ2) is 5.94. The van der Waals surface area contributed by atoms with Gasteiger partial charge < -0.3 is 5.11 Å². The fraction of sp³-hybridized carbons (Fsp3) is 0.538. The van der Waals surface area contributed by atoms with Gasteiger partial charge in [-0.25, -0.2) is 13.1 Å². The van der Waals surface area contributed by atoms with E-state index < -0.39 is 32.8 Å². The maximum absolute atomic E-state index is 12.8. The lowest BCUT2D eigenvalue weighted by Gasteiger charge is -2.15. The molecule has 1 fully saturated rings. The normalized spacial score (nSPS) is 23.4. The van der Waals surface area contributed by atoms with Crippen LogP contribution in [0.4, 0.5) is 13.2 Å². The number of alkyl halides is 3. The first-order valence-electron chi connectivity index (χ1n) is 6.54. The predicted octanol–water partition coefficient (Wildman–Crippen LogP) is 2.14. The zero-order chi connectivity index (χ0) is 15.7. The van der Waals surface area contributed by atoms with Gasteiger partial charge in [0.1, 0.15) is 0 Å². The van der Waals surface area contributed by atoms with Gasteiger partial charge in [0.2, 0.25) is 10.0 Å². The van der Waals surface area contributed by atoms with Crippen molar-refractivity contribution in [3.05, 3.63) is 29.8 Å². The van der Waals surface area contributed by atoms with Gasteiger partial charge in [0.15, 0.2) is 0 Å². The van der Waals surface area contributed by atoms with Crippen molar-refractivity contribution in [1.29, 1.82) is 0 Å². The van der Waals surface area contributed by atoms with E-state index in [-0.39, 0.29) is 12.5 Å². The summed E-state index contributed by atoms with van der Waals surface area (Å²) in [6, 6.07) is 4.08. The molecule has 4 nitrogen and oxygen atoms in total. The number of aliphatic hydroxyl groups is 1. The number of nitrogens with one attached hydrogen (secondary N) is 1. The Morgan fingerprint density at radius 1 is 1.24 bits per heavy atom. The summed E-state index contributed by atoms with van der Waals surface area (Å²) in [7, 11) is -4.23. The summed E-state index contributed by atoms with van der Waals surface area (Å²) in [4.78, 5) is -0.768. The summed E-state index contributed by atoms with van der Waals surface area (Å²) in [5, 5.41) is 9.37. The van der Waals surface area contributed by atoms with Crippen LogP contribution < -0.4 is 4.72 Å². The molecule has 21 heavy (non-hydrogen) atoms. The van der Waals surface area contributed by atoms with Gasteiger partial charge in [-0.1, -0.05) is 12.1 Å². The minimum absolute atomic E-state index is 0.0333. The van der Waals surface area contributed by atoms with Gasteiger partial charge in [-0.3, -0.25) is 0 Å². The Hall–Kier alpha value is -1.12. The first-order chi connectivity index (χ1) is 9.70. The molecule has 118 valence electrons. The second-order valence-electron chi connectivity index (χ2n) is 5.18. The van der Waals surface area contributed by atoms with E-state index in [1.54, 1.807) is 0 Å². The van der Waals surface area contributed by atoms with Crippen LogP contribution in [0.15, 0.2) is 29.2 Å². The summed E-state index contributed by atoms with van der Waals surface area (Å²) < 4.78 is 64.9. The Labute approximate surface area is 121 Å². The number of benzene rings is 1. The van der Waals surface area contributed by atoms with Gasteiger partial charge in [-0.15, -0.1) is 0 Å². The highest BCUT2D eigenvalue weighted by atomic mass is 32.2. The molecular formula is C13H16F3NO3S. The molecule has 1 saturated carbocycles. The molecule has 0 aliphatic heterocycles. The van der Waals surface area contributed by atoms with Crippen LogP contribution in [0.1, 0.15) is 24.8 Å². The molecule has 0 heterocycles. The third-order valence-corrected chi connectivity index (χ3v) is 5.04. The maximum atomic E-state index is 12.8. The lowest BCUT2D eigenvalue weighted by atomic mass is 10.1. The van der Waals surface area contributed by atoms with Crippen molar-refractivity contribution in [2.45, 2.75) is 36.4 Å². The lowest BCUT2D eigenvalue weighted by molar-refractivity contribution is -0.139. The lowest BCUT2D eigenvalue weighted by Crippen LogP contribution is -2.30. The Morgan fingerprint density at radius 3 is 2.48 bits per heavy atom. The van der Waals surface area contributed by atoms with E-state index in [9.17, 15) is 26.7 Å². The van der Waals surface area contributed by atoms with Crippen molar-refractivity contribution >= 4 is 10.0 Å². The Morgan fingerprint density at radius 2 is 1.90 bits per heavy atom. The Balaban J connectivity index is 2.16. The van der Waals surface area contributed by atoms with Gasteiger partial charge in [0.05, 0.1) is 16.6 Å². The van der Waals surface area contributed by atoms with E-state index in [1.807, 2.05) is 0 Å². The minimum atomic E-state index is -4.73. The van der Waals surface area contributed by atoms with Crippen molar-refractivity contribution in [2.75, 3.05) is 6.54 Å². The monoisotopic (exact) mass is 323 g/mol. The molecule has 0 bridgehead atoms. The quantitative estimate of drug-likeness (QED) is 0.892. The molecule has 2 N–H and O–H groups in total. The van der Waals surface area contributed by atoms with Crippen LogP contribution >= 0.6 is 0 Å². The molecule has 0 radical (unpaired) electrons. The number of aliphatic hydroxyl groups excluding tert-OH is 1. The average molecular weight is 323 g/mol. The van der Waals surface area contributed by atoms with Crippen LogP contribution in [-0.4, -0.2) is 26.2 Å². The maximum Gasteiger partial charge on any atom is 0.417 e. The number of rotatable bonds is 4. The number of hydrogen-bond donors (Lipinski definition) is 2. The molecule has 0 aromatic heterocycles. The highest BCUT2D eigenvalue weighted by Crippen LogP contribution is 2.34. The van der Waals surface area contributed by atoms with Crippen LogP contribution in [0.3, 0.4) is 0 Å². The highest BCUT2D eigenvalue weighted by Gasteiger charge is 2.37. The van der Waals surface area contributed by atoms with Crippen LogP contribution in [-0.2, 0) is 16.2 Å². The fourth-order valence-corrected chi connectivity index (χ4v) is 3.82. The van der Waals surface area contributed by atoms with Crippen molar-refractivity contribution in [3.8, 4) is 0 Å². The van der Waals surface area contributed by atoms with Crippen LogP contribution in [0.2, 0.25) is 0 Å². The van der Waals surface area contributed by atoms with E-state index in [4.69, 9.17) is 0 Å². The molecule has 2 rings (SSSR count). The van der Waals surface area contributed by atoms with E-state index in [0.717, 1.165) is 18.2 Å². The molecule has 2 unspecified atom stereocenters. The van der Waals surface area contributed by atoms with Gasteiger partial charge in [0, 0.05) is 6.54 Å². The first-order valence-corrected chi connectivity index (χ1v) is 8.02. The number of sulfonamides is 1. The van der Waals surface area contributed by atoms with Gasteiger partial charge in [-0.05, 0) is 37.3 Å². The van der Waals surface area contributed by atoms with E-state index in [1.165, 1.54) is 6.07 Å². The van der Waals surface area contributed by atoms with Crippen LogP contribution in [0.25, 0.3) is 0 Å². The van der Waals surface area contributed by atoms with Gasteiger partial charge >= 0.3 is 6.18 Å². The standard InChI is InChI=1S/C13H16F3NO3S/c14-13(15,16)11-3-1-2-4-12(11)21(19,20)17-8-9-5-6-10(18)7-9/h1-4,9-10,17-18H,5-8H2. The van der Waals surface area contributed by atoms with Crippen LogP contribution in [0, 0.1) is 5.92 Å². The average Bonchev–Trinajstić information content (AvgIpc) is 2.82. The second-order valence-corrected chi connectivity index (χ2v) is 6.91. The summed E-state index contributed by atoms with van der Waals surface area (Å²) in [5.41, 5.74) is -1.18. The molecule has 1 aromatic carbocycles. The molecular weight excluding hydrogens is 307 g/mol. The fourth-order valence-electron chi connectivity index (χ4n) is 2.47. The third kappa shape index (κ3) is 3.96. The topological polar surface area (TPSA) is 66.4 Å². The minimum Gasteiger partial charge on any atom is -0.393 e. The molecule has 0 spiro atoms. The van der Waals surface area contributed by atoms with Crippen molar-refractivity contribution in [3.63, 3.8) is 0 Å². The molecule has 0 saturated heterocycles. The molecule has 0 amide bonds. The summed E-state index contributed by atoms with van der Waals surface area (Å²) >= 11 is 0. The van der Waals surface area contributed by atoms with Crippen molar-refractivity contribution in [2.24, 2.45) is 5.92 Å². The van der Waals surface area contributed by atoms with E-state index in [0.29, 0.717) is 19.3 Å². The smallest absolute Gasteiger partial charge is 0.393 e. The molecule has 8 heteroatoms. The molecule has 2 atom stereocenters. The highest BCUT2D eigenvalue weighted by molar-refractivity contribution is 7.89. The summed E-state index contributed by atoms with van der Waals surface area (Å²) in [5.74, 6) is -0.0483. The first kappa shape index (κ1) is 16.3. The Kier molecular flexibility index (Phi) is 4.60. The van der Waals surface area contributed by atoms with Crippen molar-refractivity contribution < 1.29 is 26.7 Å². The van der Waals surface area contributed by atoms with E-state index >= 15 is 0 Å². The summed E-state index contributed by atoms with van der Waals surface area (Å²) in [6.07, 6.45) is -3.48. The SMILES string of the molecule is O=S(=O)(NCC1CCC(O)C1)c1ccccc1C(F)(F)F. The zero-order valence-corrected chi connectivity index (χ0v) is 11.9. The van der Waals surface area contributed by atoms with Gasteiger partial charge in [-0.2, -0.15) is 13.2 Å².